The lowest BCUT2D eigenvalue weighted by molar-refractivity contribution is -0.148. The monoisotopic (exact) mass is 379 g/mol. The molecule has 4 aliphatic rings. The van der Waals surface area contributed by atoms with Gasteiger partial charge in [-0.25, -0.2) is 4.79 Å². The van der Waals surface area contributed by atoms with Crippen LogP contribution in [-0.4, -0.2) is 43.5 Å². The Morgan fingerprint density at radius 1 is 0.926 bits per heavy atom. The molecule has 4 fully saturated rings. The number of urea groups is 1. The molecular formula is C19H29N3O5. The first-order valence-corrected chi connectivity index (χ1v) is 9.87. The Bertz CT molecular complexity index is 583. The fourth-order valence-corrected chi connectivity index (χ4v) is 5.64. The molecule has 0 saturated heterocycles. The van der Waals surface area contributed by atoms with E-state index in [1.807, 2.05) is 5.32 Å². The van der Waals surface area contributed by atoms with Crippen molar-refractivity contribution in [2.24, 2.45) is 23.2 Å². The van der Waals surface area contributed by atoms with E-state index in [-0.39, 0.29) is 17.9 Å². The Kier molecular flexibility index (Phi) is 6.01. The molecule has 4 amide bonds. The average Bonchev–Trinajstić information content (AvgIpc) is 2.56. The fraction of sp³-hybridized carbons (Fsp3) is 0.789. The number of carbonyl (C=O) groups is 4. The highest BCUT2D eigenvalue weighted by Crippen LogP contribution is 2.61. The van der Waals surface area contributed by atoms with Crippen LogP contribution in [0.2, 0.25) is 0 Å². The van der Waals surface area contributed by atoms with Gasteiger partial charge >= 0.3 is 12.0 Å². The van der Waals surface area contributed by atoms with Crippen LogP contribution in [0.1, 0.15) is 51.9 Å². The Morgan fingerprint density at radius 2 is 1.52 bits per heavy atom. The van der Waals surface area contributed by atoms with Crippen LogP contribution in [0.4, 0.5) is 4.79 Å². The van der Waals surface area contributed by atoms with Crippen molar-refractivity contribution in [3.8, 4) is 0 Å². The summed E-state index contributed by atoms with van der Waals surface area (Å²) in [5.41, 5.74) is 0.120. The first-order valence-electron chi connectivity index (χ1n) is 9.87. The lowest BCUT2D eigenvalue weighted by Crippen LogP contribution is -2.48. The van der Waals surface area contributed by atoms with Crippen molar-refractivity contribution in [3.63, 3.8) is 0 Å². The van der Waals surface area contributed by atoms with Crippen LogP contribution in [0.3, 0.4) is 0 Å². The van der Waals surface area contributed by atoms with Crippen LogP contribution in [0.5, 0.6) is 0 Å². The van der Waals surface area contributed by atoms with Gasteiger partial charge in [0.15, 0.2) is 6.61 Å². The van der Waals surface area contributed by atoms with E-state index in [0.29, 0.717) is 13.0 Å². The molecule has 0 atom stereocenters. The van der Waals surface area contributed by atoms with Crippen molar-refractivity contribution in [1.29, 1.82) is 0 Å². The van der Waals surface area contributed by atoms with Gasteiger partial charge in [-0.1, -0.05) is 0 Å². The summed E-state index contributed by atoms with van der Waals surface area (Å²) in [4.78, 5) is 46.7. The largest absolute Gasteiger partial charge is 0.454 e. The maximum atomic E-state index is 12.3. The molecule has 3 N–H and O–H groups in total. The van der Waals surface area contributed by atoms with Crippen LogP contribution in [0.25, 0.3) is 0 Å². The van der Waals surface area contributed by atoms with E-state index in [0.717, 1.165) is 37.0 Å². The standard InChI is InChI=1S/C19H29N3O5/c1-2-20-18(26)22-16(24)11-27-17(25)10-21-15(23)9-19-6-12-3-13(7-19)5-14(4-12)8-19/h12-14H,2-11H2,1H3,(H,21,23)(H2,20,22,24,26). The van der Waals surface area contributed by atoms with E-state index in [4.69, 9.17) is 4.74 Å². The van der Waals surface area contributed by atoms with Gasteiger partial charge in [0.2, 0.25) is 5.91 Å². The number of amides is 4. The maximum absolute atomic E-state index is 12.3. The highest BCUT2D eigenvalue weighted by atomic mass is 16.5. The molecule has 0 radical (unpaired) electrons. The van der Waals surface area contributed by atoms with E-state index in [1.54, 1.807) is 6.92 Å². The fourth-order valence-electron chi connectivity index (χ4n) is 5.64. The molecule has 4 aliphatic carbocycles. The molecule has 0 heterocycles. The van der Waals surface area contributed by atoms with Gasteiger partial charge in [0.05, 0.1) is 0 Å². The summed E-state index contributed by atoms with van der Waals surface area (Å²) in [5.74, 6) is 0.794. The maximum Gasteiger partial charge on any atom is 0.325 e. The first-order chi connectivity index (χ1) is 12.9. The van der Waals surface area contributed by atoms with Gasteiger partial charge in [-0.2, -0.15) is 0 Å². The summed E-state index contributed by atoms with van der Waals surface area (Å²) in [6, 6.07) is -0.637. The topological polar surface area (TPSA) is 114 Å². The first kappa shape index (κ1) is 19.6. The minimum atomic E-state index is -0.714. The summed E-state index contributed by atoms with van der Waals surface area (Å²) < 4.78 is 4.78. The molecule has 4 bridgehead atoms. The molecule has 8 nitrogen and oxygen atoms in total. The second-order valence-corrected chi connectivity index (χ2v) is 8.44. The second kappa shape index (κ2) is 8.27. The van der Waals surface area contributed by atoms with E-state index in [1.165, 1.54) is 19.3 Å². The number of nitrogens with one attached hydrogen (secondary N) is 3. The third-order valence-corrected chi connectivity index (χ3v) is 6.09. The summed E-state index contributed by atoms with van der Waals surface area (Å²) in [7, 11) is 0. The van der Waals surface area contributed by atoms with Crippen molar-refractivity contribution in [2.45, 2.75) is 51.9 Å². The Morgan fingerprint density at radius 3 is 2.07 bits per heavy atom. The van der Waals surface area contributed by atoms with Crippen molar-refractivity contribution in [2.75, 3.05) is 19.7 Å². The number of hydrogen-bond donors (Lipinski definition) is 3. The number of ether oxygens (including phenoxy) is 1. The molecule has 0 spiro atoms. The van der Waals surface area contributed by atoms with Crippen LogP contribution in [0.15, 0.2) is 0 Å². The summed E-state index contributed by atoms with van der Waals surface area (Å²) in [6.07, 6.45) is 7.86. The van der Waals surface area contributed by atoms with Gasteiger partial charge in [-0.15, -0.1) is 0 Å². The highest BCUT2D eigenvalue weighted by Gasteiger charge is 2.51. The summed E-state index contributed by atoms with van der Waals surface area (Å²) in [6.45, 7) is 1.28. The third kappa shape index (κ3) is 5.20. The van der Waals surface area contributed by atoms with E-state index in [2.05, 4.69) is 10.6 Å². The van der Waals surface area contributed by atoms with Gasteiger partial charge in [-0.05, 0) is 68.6 Å². The van der Waals surface area contributed by atoms with E-state index in [9.17, 15) is 19.2 Å². The minimum absolute atomic E-state index is 0.120. The SMILES string of the molecule is CCNC(=O)NC(=O)COC(=O)CNC(=O)CC12CC3CC(CC(C3)C1)C2. The number of hydrogen-bond acceptors (Lipinski definition) is 5. The molecule has 0 aliphatic heterocycles. The molecule has 0 unspecified atom stereocenters. The summed E-state index contributed by atoms with van der Waals surface area (Å²) in [5, 5.41) is 7.05. The number of carbonyl (C=O) groups excluding carboxylic acids is 4. The Hall–Kier alpha value is -2.12. The second-order valence-electron chi connectivity index (χ2n) is 8.44. The quantitative estimate of drug-likeness (QED) is 0.573. The molecule has 150 valence electrons. The van der Waals surface area contributed by atoms with Crippen LogP contribution in [-0.2, 0) is 19.1 Å². The molecule has 0 aromatic rings. The predicted octanol–water partition coefficient (Wildman–Crippen LogP) is 1.10. The third-order valence-electron chi connectivity index (χ3n) is 6.09. The smallest absolute Gasteiger partial charge is 0.325 e. The van der Waals surface area contributed by atoms with Gasteiger partial charge in [0, 0.05) is 13.0 Å². The van der Waals surface area contributed by atoms with Gasteiger partial charge < -0.3 is 15.4 Å². The number of esters is 1. The summed E-state index contributed by atoms with van der Waals surface area (Å²) >= 11 is 0. The molecule has 8 heteroatoms. The van der Waals surface area contributed by atoms with Gasteiger partial charge in [-0.3, -0.25) is 19.7 Å². The lowest BCUT2D eigenvalue weighted by Gasteiger charge is -2.56. The number of rotatable bonds is 7. The molecule has 27 heavy (non-hydrogen) atoms. The van der Waals surface area contributed by atoms with Crippen molar-refractivity contribution in [3.05, 3.63) is 0 Å². The zero-order valence-corrected chi connectivity index (χ0v) is 15.8. The van der Waals surface area contributed by atoms with Crippen molar-refractivity contribution < 1.29 is 23.9 Å². The predicted molar refractivity (Wildman–Crippen MR) is 96.4 cm³/mol. The van der Waals surface area contributed by atoms with Crippen molar-refractivity contribution in [1.82, 2.24) is 16.0 Å². The Labute approximate surface area is 159 Å². The van der Waals surface area contributed by atoms with Crippen LogP contribution < -0.4 is 16.0 Å². The zero-order valence-electron chi connectivity index (χ0n) is 15.8. The zero-order chi connectivity index (χ0) is 19.4. The molecule has 4 saturated carbocycles. The van der Waals surface area contributed by atoms with E-state index >= 15 is 0 Å². The van der Waals surface area contributed by atoms with Crippen LogP contribution in [0, 0.1) is 23.2 Å². The molecule has 4 rings (SSSR count). The van der Waals surface area contributed by atoms with Crippen LogP contribution >= 0.6 is 0 Å². The average molecular weight is 379 g/mol. The number of imide groups is 1. The van der Waals surface area contributed by atoms with Gasteiger partial charge in [0.1, 0.15) is 6.54 Å². The molecule has 0 aromatic heterocycles. The van der Waals surface area contributed by atoms with E-state index < -0.39 is 24.5 Å². The Balaban J connectivity index is 1.35. The highest BCUT2D eigenvalue weighted by molar-refractivity contribution is 5.95. The molecule has 0 aromatic carbocycles. The normalized spacial score (nSPS) is 30.5. The minimum Gasteiger partial charge on any atom is -0.454 e. The lowest BCUT2D eigenvalue weighted by atomic mass is 9.49. The molecular weight excluding hydrogens is 350 g/mol. The van der Waals surface area contributed by atoms with Crippen molar-refractivity contribution >= 4 is 23.8 Å². The van der Waals surface area contributed by atoms with Gasteiger partial charge in [0.25, 0.3) is 5.91 Å².